The largest absolute Gasteiger partial charge is 0.481 e. The monoisotopic (exact) mass is 261 g/mol. The average Bonchev–Trinajstić information content (AvgIpc) is 2.66. The maximum atomic E-state index is 10.9. The van der Waals surface area contributed by atoms with Crippen molar-refractivity contribution in [3.05, 3.63) is 23.3 Å². The Morgan fingerprint density at radius 2 is 2.11 bits per heavy atom. The van der Waals surface area contributed by atoms with E-state index >= 15 is 0 Å². The SMILES string of the molecule is CCn1cc(CC(=O)O)c2c(C)nc(C(C)C)nc21. The number of aryl methyl sites for hydroxylation is 2. The summed E-state index contributed by atoms with van der Waals surface area (Å²) < 4.78 is 1.99. The van der Waals surface area contributed by atoms with Gasteiger partial charge in [-0.1, -0.05) is 13.8 Å². The van der Waals surface area contributed by atoms with Crippen molar-refractivity contribution in [2.24, 2.45) is 0 Å². The van der Waals surface area contributed by atoms with Gasteiger partial charge in [-0.05, 0) is 19.4 Å². The van der Waals surface area contributed by atoms with Gasteiger partial charge in [0.25, 0.3) is 0 Å². The quantitative estimate of drug-likeness (QED) is 0.918. The first-order chi connectivity index (χ1) is 8.93. The number of hydrogen-bond donors (Lipinski definition) is 1. The Balaban J connectivity index is 2.71. The van der Waals surface area contributed by atoms with Crippen molar-refractivity contribution in [1.29, 1.82) is 0 Å². The summed E-state index contributed by atoms with van der Waals surface area (Å²) in [7, 11) is 0. The summed E-state index contributed by atoms with van der Waals surface area (Å²) in [5.41, 5.74) is 2.49. The molecule has 0 aliphatic carbocycles. The van der Waals surface area contributed by atoms with Crippen molar-refractivity contribution >= 4 is 17.0 Å². The standard InChI is InChI=1S/C14H19N3O2/c1-5-17-7-10(6-11(18)19)12-9(4)15-13(8(2)3)16-14(12)17/h7-8H,5-6H2,1-4H3,(H,18,19). The minimum absolute atomic E-state index is 0.00866. The van der Waals surface area contributed by atoms with Gasteiger partial charge in [0.05, 0.1) is 12.1 Å². The summed E-state index contributed by atoms with van der Waals surface area (Å²) in [6.07, 6.45) is 1.89. The zero-order valence-corrected chi connectivity index (χ0v) is 11.8. The number of hydrogen-bond acceptors (Lipinski definition) is 3. The molecule has 5 nitrogen and oxygen atoms in total. The van der Waals surface area contributed by atoms with Gasteiger partial charge in [-0.2, -0.15) is 0 Å². The highest BCUT2D eigenvalue weighted by Gasteiger charge is 2.17. The van der Waals surface area contributed by atoms with Gasteiger partial charge < -0.3 is 9.67 Å². The molecule has 2 aromatic heterocycles. The van der Waals surface area contributed by atoms with Crippen molar-refractivity contribution in [3.63, 3.8) is 0 Å². The van der Waals surface area contributed by atoms with Gasteiger partial charge in [-0.3, -0.25) is 4.79 Å². The molecule has 2 heterocycles. The maximum Gasteiger partial charge on any atom is 0.307 e. The molecule has 2 aromatic rings. The van der Waals surface area contributed by atoms with Gasteiger partial charge in [-0.25, -0.2) is 9.97 Å². The average molecular weight is 261 g/mol. The van der Waals surface area contributed by atoms with Crippen LogP contribution in [0.3, 0.4) is 0 Å². The molecule has 0 aromatic carbocycles. The third-order valence-corrected chi connectivity index (χ3v) is 3.19. The molecule has 1 N–H and O–H groups in total. The molecule has 0 saturated heterocycles. The molecule has 0 atom stereocenters. The van der Waals surface area contributed by atoms with Crippen molar-refractivity contribution in [1.82, 2.24) is 14.5 Å². The Morgan fingerprint density at radius 1 is 1.42 bits per heavy atom. The van der Waals surface area contributed by atoms with Crippen LogP contribution in [0.4, 0.5) is 0 Å². The Labute approximate surface area is 112 Å². The highest BCUT2D eigenvalue weighted by molar-refractivity contribution is 5.86. The van der Waals surface area contributed by atoms with E-state index in [1.807, 2.05) is 24.6 Å². The van der Waals surface area contributed by atoms with E-state index < -0.39 is 5.97 Å². The number of carbonyl (C=O) groups is 1. The summed E-state index contributed by atoms with van der Waals surface area (Å²) in [5.74, 6) is 0.230. The molecule has 5 heteroatoms. The van der Waals surface area contributed by atoms with E-state index in [9.17, 15) is 4.79 Å². The minimum atomic E-state index is -0.831. The van der Waals surface area contributed by atoms with Gasteiger partial charge in [0.2, 0.25) is 0 Å². The predicted octanol–water partition coefficient (Wildman–Crippen LogP) is 2.51. The highest BCUT2D eigenvalue weighted by atomic mass is 16.4. The van der Waals surface area contributed by atoms with Gasteiger partial charge >= 0.3 is 5.97 Å². The van der Waals surface area contributed by atoms with Crippen molar-refractivity contribution in [2.45, 2.75) is 46.6 Å². The third kappa shape index (κ3) is 2.45. The number of carboxylic acid groups (broad SMARTS) is 1. The topological polar surface area (TPSA) is 68.0 Å². The first-order valence-electron chi connectivity index (χ1n) is 6.52. The van der Waals surface area contributed by atoms with Crippen molar-refractivity contribution in [2.75, 3.05) is 0 Å². The number of carboxylic acids is 1. The van der Waals surface area contributed by atoms with Crippen LogP contribution in [0.15, 0.2) is 6.20 Å². The Bertz CT molecular complexity index is 629. The summed E-state index contributed by atoms with van der Waals surface area (Å²) in [6.45, 7) is 8.82. The first-order valence-corrected chi connectivity index (χ1v) is 6.52. The smallest absolute Gasteiger partial charge is 0.307 e. The molecule has 19 heavy (non-hydrogen) atoms. The molecule has 0 aliphatic rings. The molecule has 0 amide bonds. The Hall–Kier alpha value is -1.91. The van der Waals surface area contributed by atoms with Crippen LogP contribution in [-0.2, 0) is 17.8 Å². The molecule has 0 saturated carbocycles. The lowest BCUT2D eigenvalue weighted by atomic mass is 10.1. The van der Waals surface area contributed by atoms with Crippen LogP contribution in [0.2, 0.25) is 0 Å². The molecule has 0 radical (unpaired) electrons. The molecule has 0 bridgehead atoms. The summed E-state index contributed by atoms with van der Waals surface area (Å²) in [6, 6.07) is 0. The van der Waals surface area contributed by atoms with Gasteiger partial charge in [0, 0.05) is 24.0 Å². The van der Waals surface area contributed by atoms with Gasteiger partial charge in [-0.15, -0.1) is 0 Å². The zero-order valence-electron chi connectivity index (χ0n) is 11.8. The summed E-state index contributed by atoms with van der Waals surface area (Å²) in [5, 5.41) is 9.87. The second kappa shape index (κ2) is 4.99. The fourth-order valence-electron chi connectivity index (χ4n) is 2.27. The highest BCUT2D eigenvalue weighted by Crippen LogP contribution is 2.25. The summed E-state index contributed by atoms with van der Waals surface area (Å²) >= 11 is 0. The minimum Gasteiger partial charge on any atom is -0.481 e. The zero-order chi connectivity index (χ0) is 14.2. The second-order valence-electron chi connectivity index (χ2n) is 5.03. The lowest BCUT2D eigenvalue weighted by Gasteiger charge is -2.07. The second-order valence-corrected chi connectivity index (χ2v) is 5.03. The van der Waals surface area contributed by atoms with Gasteiger partial charge in [0.1, 0.15) is 11.5 Å². The van der Waals surface area contributed by atoms with E-state index in [2.05, 4.69) is 23.8 Å². The van der Waals surface area contributed by atoms with Crippen LogP contribution in [0, 0.1) is 6.92 Å². The van der Waals surface area contributed by atoms with Crippen LogP contribution < -0.4 is 0 Å². The maximum absolute atomic E-state index is 10.9. The molecule has 2 rings (SSSR count). The van der Waals surface area contributed by atoms with E-state index in [4.69, 9.17) is 5.11 Å². The number of fused-ring (bicyclic) bond motifs is 1. The van der Waals surface area contributed by atoms with E-state index in [1.165, 1.54) is 0 Å². The van der Waals surface area contributed by atoms with E-state index in [0.717, 1.165) is 34.7 Å². The molecular formula is C14H19N3O2. The van der Waals surface area contributed by atoms with Crippen LogP contribution >= 0.6 is 0 Å². The number of aliphatic carboxylic acids is 1. The van der Waals surface area contributed by atoms with E-state index in [1.54, 1.807) is 0 Å². The van der Waals surface area contributed by atoms with Crippen molar-refractivity contribution in [3.8, 4) is 0 Å². The molecule has 0 spiro atoms. The van der Waals surface area contributed by atoms with E-state index in [-0.39, 0.29) is 12.3 Å². The van der Waals surface area contributed by atoms with Crippen LogP contribution in [0.25, 0.3) is 11.0 Å². The molecular weight excluding hydrogens is 242 g/mol. The molecule has 0 fully saturated rings. The molecule has 102 valence electrons. The van der Waals surface area contributed by atoms with Crippen LogP contribution in [-0.4, -0.2) is 25.6 Å². The first kappa shape index (κ1) is 13.5. The molecule has 0 unspecified atom stereocenters. The van der Waals surface area contributed by atoms with Crippen molar-refractivity contribution < 1.29 is 9.90 Å². The van der Waals surface area contributed by atoms with Crippen LogP contribution in [0.1, 0.15) is 43.8 Å². The Morgan fingerprint density at radius 3 is 2.63 bits per heavy atom. The number of rotatable bonds is 4. The summed E-state index contributed by atoms with van der Waals surface area (Å²) in [4.78, 5) is 20.0. The number of aromatic nitrogens is 3. The lowest BCUT2D eigenvalue weighted by Crippen LogP contribution is -2.03. The fraction of sp³-hybridized carbons (Fsp3) is 0.500. The third-order valence-electron chi connectivity index (χ3n) is 3.19. The van der Waals surface area contributed by atoms with Gasteiger partial charge in [0.15, 0.2) is 0 Å². The predicted molar refractivity (Wildman–Crippen MR) is 73.4 cm³/mol. The number of nitrogens with zero attached hydrogens (tertiary/aromatic N) is 3. The normalized spacial score (nSPS) is 11.4. The molecule has 0 aliphatic heterocycles. The Kier molecular flexibility index (Phi) is 3.55. The lowest BCUT2D eigenvalue weighted by molar-refractivity contribution is -0.136. The van der Waals surface area contributed by atoms with E-state index in [0.29, 0.717) is 0 Å². The van der Waals surface area contributed by atoms with Crippen LogP contribution in [0.5, 0.6) is 0 Å². The fourth-order valence-corrected chi connectivity index (χ4v) is 2.27.